The van der Waals surface area contributed by atoms with Crippen LogP contribution in [-0.4, -0.2) is 16.7 Å². The number of benzene rings is 1. The lowest BCUT2D eigenvalue weighted by Crippen LogP contribution is -2.17. The van der Waals surface area contributed by atoms with E-state index in [9.17, 15) is 14.4 Å². The van der Waals surface area contributed by atoms with Gasteiger partial charge in [0.25, 0.3) is 5.91 Å². The second-order valence-electron chi connectivity index (χ2n) is 6.47. The topological polar surface area (TPSA) is 79.0 Å². The lowest BCUT2D eigenvalue weighted by atomic mass is 10.0. The van der Waals surface area contributed by atoms with Gasteiger partial charge in [-0.25, -0.2) is 0 Å². The maximum absolute atomic E-state index is 12.4. The Morgan fingerprint density at radius 1 is 1.12 bits per heavy atom. The highest BCUT2D eigenvalue weighted by Crippen LogP contribution is 2.33. The first kappa shape index (κ1) is 16.2. The van der Waals surface area contributed by atoms with Crippen LogP contribution in [0.5, 0.6) is 0 Å². The fraction of sp³-hybridized carbons (Fsp3) is 0.316. The SMILES string of the molecule is Cc1cc(C(=O)Nc2cc(C(=O)CC3CC3)ccc2C)cc(=O)[nH]1. The van der Waals surface area contributed by atoms with Crippen LogP contribution < -0.4 is 10.9 Å². The average molecular weight is 324 g/mol. The molecule has 3 rings (SSSR count). The van der Waals surface area contributed by atoms with Crippen molar-refractivity contribution in [3.8, 4) is 0 Å². The van der Waals surface area contributed by atoms with Crippen molar-refractivity contribution in [1.82, 2.24) is 4.98 Å². The van der Waals surface area contributed by atoms with E-state index in [4.69, 9.17) is 0 Å². The number of anilines is 1. The van der Waals surface area contributed by atoms with Crippen LogP contribution in [0.4, 0.5) is 5.69 Å². The van der Waals surface area contributed by atoms with E-state index < -0.39 is 0 Å². The summed E-state index contributed by atoms with van der Waals surface area (Å²) in [7, 11) is 0. The number of ketones is 1. The molecule has 0 bridgehead atoms. The molecule has 1 aromatic heterocycles. The number of aromatic amines is 1. The summed E-state index contributed by atoms with van der Waals surface area (Å²) in [5, 5.41) is 2.80. The molecule has 0 radical (unpaired) electrons. The summed E-state index contributed by atoms with van der Waals surface area (Å²) in [6, 6.07) is 8.23. The van der Waals surface area contributed by atoms with Crippen LogP contribution in [0, 0.1) is 19.8 Å². The van der Waals surface area contributed by atoms with Gasteiger partial charge in [0, 0.05) is 35.0 Å². The maximum atomic E-state index is 12.4. The highest BCUT2D eigenvalue weighted by Gasteiger charge is 2.25. The molecule has 0 atom stereocenters. The number of aryl methyl sites for hydroxylation is 2. The summed E-state index contributed by atoms with van der Waals surface area (Å²) in [5.41, 5.74) is 2.69. The molecule has 1 aliphatic carbocycles. The van der Waals surface area contributed by atoms with Crippen LogP contribution in [0.15, 0.2) is 35.1 Å². The number of amides is 1. The van der Waals surface area contributed by atoms with Crippen LogP contribution in [-0.2, 0) is 0 Å². The summed E-state index contributed by atoms with van der Waals surface area (Å²) in [6.07, 6.45) is 2.83. The van der Waals surface area contributed by atoms with E-state index in [2.05, 4.69) is 10.3 Å². The molecule has 0 spiro atoms. The zero-order valence-electron chi connectivity index (χ0n) is 13.8. The Kier molecular flexibility index (Phi) is 4.34. The standard InChI is InChI=1S/C19H20N2O3/c1-11-3-6-14(17(22)8-13-4-5-13)9-16(11)21-19(24)15-7-12(2)20-18(23)10-15/h3,6-7,9-10,13H,4-5,8H2,1-2H3,(H,20,23)(H,21,24). The number of carbonyl (C=O) groups is 2. The first-order valence-corrected chi connectivity index (χ1v) is 8.08. The Labute approximate surface area is 140 Å². The van der Waals surface area contributed by atoms with Gasteiger partial charge in [-0.15, -0.1) is 0 Å². The minimum atomic E-state index is -0.362. The molecule has 24 heavy (non-hydrogen) atoms. The van der Waals surface area contributed by atoms with Gasteiger partial charge in [0.15, 0.2) is 5.78 Å². The molecule has 2 N–H and O–H groups in total. The molecule has 1 aromatic carbocycles. The quantitative estimate of drug-likeness (QED) is 0.829. The van der Waals surface area contributed by atoms with Crippen LogP contribution >= 0.6 is 0 Å². The highest BCUT2D eigenvalue weighted by atomic mass is 16.2. The van der Waals surface area contributed by atoms with Crippen molar-refractivity contribution >= 4 is 17.4 Å². The van der Waals surface area contributed by atoms with E-state index in [1.54, 1.807) is 25.1 Å². The molecular formula is C19H20N2O3. The van der Waals surface area contributed by atoms with Crippen molar-refractivity contribution in [3.63, 3.8) is 0 Å². The molecular weight excluding hydrogens is 304 g/mol. The number of H-pyrrole nitrogens is 1. The van der Waals surface area contributed by atoms with E-state index >= 15 is 0 Å². The predicted octanol–water partition coefficient (Wildman–Crippen LogP) is 3.23. The molecule has 1 amide bonds. The number of carbonyl (C=O) groups excluding carboxylic acids is 2. The molecule has 0 saturated heterocycles. The summed E-state index contributed by atoms with van der Waals surface area (Å²) in [5.74, 6) is 0.273. The van der Waals surface area contributed by atoms with Gasteiger partial charge in [-0.1, -0.05) is 12.1 Å². The molecule has 0 unspecified atom stereocenters. The van der Waals surface area contributed by atoms with Gasteiger partial charge in [-0.2, -0.15) is 0 Å². The molecule has 5 nitrogen and oxygen atoms in total. The van der Waals surface area contributed by atoms with Crippen molar-refractivity contribution in [2.24, 2.45) is 5.92 Å². The number of pyridine rings is 1. The first-order valence-electron chi connectivity index (χ1n) is 8.08. The fourth-order valence-electron chi connectivity index (χ4n) is 2.64. The zero-order valence-corrected chi connectivity index (χ0v) is 13.8. The summed E-state index contributed by atoms with van der Waals surface area (Å²) < 4.78 is 0. The van der Waals surface area contributed by atoms with E-state index in [0.717, 1.165) is 18.4 Å². The van der Waals surface area contributed by atoms with Gasteiger partial charge < -0.3 is 10.3 Å². The van der Waals surface area contributed by atoms with Gasteiger partial charge in [0.2, 0.25) is 5.56 Å². The van der Waals surface area contributed by atoms with E-state index in [1.807, 2.05) is 13.0 Å². The number of nitrogens with one attached hydrogen (secondary N) is 2. The predicted molar refractivity (Wildman–Crippen MR) is 92.6 cm³/mol. The maximum Gasteiger partial charge on any atom is 0.255 e. The molecule has 0 aliphatic heterocycles. The third kappa shape index (κ3) is 3.79. The molecule has 1 fully saturated rings. The summed E-state index contributed by atoms with van der Waals surface area (Å²) in [6.45, 7) is 3.59. The Hall–Kier alpha value is -2.69. The Morgan fingerprint density at radius 2 is 1.88 bits per heavy atom. The van der Waals surface area contributed by atoms with Gasteiger partial charge in [-0.3, -0.25) is 14.4 Å². The number of Topliss-reactive ketones (excluding diaryl/α,β-unsaturated/α-hetero) is 1. The Balaban J connectivity index is 1.81. The van der Waals surface area contributed by atoms with Crippen molar-refractivity contribution in [2.45, 2.75) is 33.1 Å². The first-order chi connectivity index (χ1) is 11.4. The summed E-state index contributed by atoms with van der Waals surface area (Å²) >= 11 is 0. The summed E-state index contributed by atoms with van der Waals surface area (Å²) in [4.78, 5) is 38.8. The average Bonchev–Trinajstić information content (AvgIpc) is 3.32. The molecule has 124 valence electrons. The van der Waals surface area contributed by atoms with Gasteiger partial charge in [-0.05, 0) is 50.3 Å². The minimum absolute atomic E-state index is 0.111. The van der Waals surface area contributed by atoms with Crippen LogP contribution in [0.1, 0.15) is 51.2 Å². The minimum Gasteiger partial charge on any atom is -0.326 e. The van der Waals surface area contributed by atoms with Crippen molar-refractivity contribution in [3.05, 3.63) is 63.1 Å². The van der Waals surface area contributed by atoms with E-state index in [1.165, 1.54) is 6.07 Å². The third-order valence-electron chi connectivity index (χ3n) is 4.22. The van der Waals surface area contributed by atoms with Gasteiger partial charge in [0.05, 0.1) is 0 Å². The number of rotatable bonds is 5. The van der Waals surface area contributed by atoms with Crippen molar-refractivity contribution < 1.29 is 9.59 Å². The van der Waals surface area contributed by atoms with Gasteiger partial charge >= 0.3 is 0 Å². The van der Waals surface area contributed by atoms with Crippen molar-refractivity contribution in [2.75, 3.05) is 5.32 Å². The molecule has 1 heterocycles. The van der Waals surface area contributed by atoms with Gasteiger partial charge in [0.1, 0.15) is 0 Å². The number of hydrogen-bond acceptors (Lipinski definition) is 3. The lowest BCUT2D eigenvalue weighted by molar-refractivity contribution is 0.0974. The lowest BCUT2D eigenvalue weighted by Gasteiger charge is -2.10. The second kappa shape index (κ2) is 6.43. The van der Waals surface area contributed by atoms with Crippen LogP contribution in [0.3, 0.4) is 0 Å². The smallest absolute Gasteiger partial charge is 0.255 e. The number of hydrogen-bond donors (Lipinski definition) is 2. The monoisotopic (exact) mass is 324 g/mol. The van der Waals surface area contributed by atoms with Crippen LogP contribution in [0.25, 0.3) is 0 Å². The Bertz CT molecular complexity index is 863. The molecule has 2 aromatic rings. The second-order valence-corrected chi connectivity index (χ2v) is 6.47. The van der Waals surface area contributed by atoms with E-state index in [-0.39, 0.29) is 17.2 Å². The molecule has 5 heteroatoms. The van der Waals surface area contributed by atoms with E-state index in [0.29, 0.717) is 34.8 Å². The fourth-order valence-corrected chi connectivity index (χ4v) is 2.64. The molecule has 1 saturated carbocycles. The zero-order chi connectivity index (χ0) is 17.3. The Morgan fingerprint density at radius 3 is 2.54 bits per heavy atom. The third-order valence-corrected chi connectivity index (χ3v) is 4.22. The highest BCUT2D eigenvalue weighted by molar-refractivity contribution is 6.05. The number of aromatic nitrogens is 1. The van der Waals surface area contributed by atoms with Crippen molar-refractivity contribution in [1.29, 1.82) is 0 Å². The largest absolute Gasteiger partial charge is 0.326 e. The molecule has 1 aliphatic rings. The normalized spacial score (nSPS) is 13.6. The van der Waals surface area contributed by atoms with Crippen LogP contribution in [0.2, 0.25) is 0 Å².